The van der Waals surface area contributed by atoms with Gasteiger partial charge in [-0.15, -0.1) is 0 Å². The van der Waals surface area contributed by atoms with E-state index in [2.05, 4.69) is 10.3 Å². The van der Waals surface area contributed by atoms with Crippen molar-refractivity contribution in [2.75, 3.05) is 6.61 Å². The predicted molar refractivity (Wildman–Crippen MR) is 49.3 cm³/mol. The van der Waals surface area contributed by atoms with Crippen LogP contribution in [0.25, 0.3) is 0 Å². The minimum Gasteiger partial charge on any atom is -0.475 e. The fourth-order valence-corrected chi connectivity index (χ4v) is 1.06. The Labute approximate surface area is 94.1 Å². The van der Waals surface area contributed by atoms with Gasteiger partial charge in [-0.3, -0.25) is 4.84 Å². The third-order valence-corrected chi connectivity index (χ3v) is 1.83. The van der Waals surface area contributed by atoms with E-state index in [4.69, 9.17) is 9.52 Å². The van der Waals surface area contributed by atoms with Crippen LogP contribution in [0.2, 0.25) is 0 Å². The molecule has 0 saturated heterocycles. The van der Waals surface area contributed by atoms with Crippen molar-refractivity contribution in [3.05, 3.63) is 23.2 Å². The maximum atomic E-state index is 11.7. The first kappa shape index (κ1) is 13.5. The van der Waals surface area contributed by atoms with Crippen LogP contribution < -0.4 is 5.48 Å². The lowest BCUT2D eigenvalue weighted by atomic mass is 10.2. The molecule has 0 saturated carbocycles. The third-order valence-electron chi connectivity index (χ3n) is 1.83. The second-order valence-electron chi connectivity index (χ2n) is 3.22. The molecule has 0 aromatic carbocycles. The van der Waals surface area contributed by atoms with Gasteiger partial charge in [-0.1, -0.05) is 0 Å². The summed E-state index contributed by atoms with van der Waals surface area (Å²) in [5, 5.41) is 8.61. The van der Waals surface area contributed by atoms with E-state index in [-0.39, 0.29) is 12.3 Å². The van der Waals surface area contributed by atoms with Gasteiger partial charge in [0.15, 0.2) is 6.61 Å². The average Bonchev–Trinajstić information content (AvgIpc) is 2.54. The Morgan fingerprint density at radius 3 is 2.71 bits per heavy atom. The average molecular weight is 253 g/mol. The van der Waals surface area contributed by atoms with Gasteiger partial charge in [-0.05, 0) is 13.0 Å². The molecule has 0 bridgehead atoms. The highest BCUT2D eigenvalue weighted by molar-refractivity contribution is 5.84. The lowest BCUT2D eigenvalue weighted by Crippen LogP contribution is -2.24. The molecule has 96 valence electrons. The summed E-state index contributed by atoms with van der Waals surface area (Å²) < 4.78 is 40.0. The SMILES string of the molecule is Cc1oc(C(=O)O)cc1CNOCC(F)(F)F. The summed E-state index contributed by atoms with van der Waals surface area (Å²) >= 11 is 0. The van der Waals surface area contributed by atoms with E-state index >= 15 is 0 Å². The van der Waals surface area contributed by atoms with E-state index < -0.39 is 18.8 Å². The van der Waals surface area contributed by atoms with Crippen molar-refractivity contribution < 1.29 is 32.3 Å². The molecule has 5 nitrogen and oxygen atoms in total. The quantitative estimate of drug-likeness (QED) is 0.619. The molecule has 0 atom stereocenters. The van der Waals surface area contributed by atoms with Gasteiger partial charge in [0, 0.05) is 12.1 Å². The predicted octanol–water partition coefficient (Wildman–Crippen LogP) is 1.87. The zero-order chi connectivity index (χ0) is 13.1. The Balaban J connectivity index is 2.44. The minimum absolute atomic E-state index is 0.0707. The number of carboxylic acids is 1. The van der Waals surface area contributed by atoms with Crippen LogP contribution >= 0.6 is 0 Å². The Bertz CT molecular complexity index is 399. The van der Waals surface area contributed by atoms with Gasteiger partial charge in [-0.25, -0.2) is 4.79 Å². The smallest absolute Gasteiger partial charge is 0.413 e. The maximum Gasteiger partial charge on any atom is 0.413 e. The van der Waals surface area contributed by atoms with Gasteiger partial charge in [0.25, 0.3) is 0 Å². The Kier molecular flexibility index (Phi) is 4.13. The number of rotatable bonds is 5. The van der Waals surface area contributed by atoms with Crippen LogP contribution in [0.5, 0.6) is 0 Å². The highest BCUT2D eigenvalue weighted by atomic mass is 19.4. The standard InChI is InChI=1S/C9H10F3NO4/c1-5-6(2-7(17-5)8(14)15)3-13-16-4-9(10,11)12/h2,13H,3-4H2,1H3,(H,14,15). The second kappa shape index (κ2) is 5.19. The molecule has 0 fully saturated rings. The van der Waals surface area contributed by atoms with Gasteiger partial charge in [-0.2, -0.15) is 18.7 Å². The number of halogens is 3. The van der Waals surface area contributed by atoms with Gasteiger partial charge < -0.3 is 9.52 Å². The number of furan rings is 1. The van der Waals surface area contributed by atoms with Crippen molar-refractivity contribution in [2.45, 2.75) is 19.6 Å². The molecule has 1 aromatic heterocycles. The number of hydrogen-bond acceptors (Lipinski definition) is 4. The van der Waals surface area contributed by atoms with E-state index in [0.717, 1.165) is 0 Å². The van der Waals surface area contributed by atoms with Gasteiger partial charge in [0.2, 0.25) is 5.76 Å². The lowest BCUT2D eigenvalue weighted by Gasteiger charge is -2.07. The summed E-state index contributed by atoms with van der Waals surface area (Å²) in [4.78, 5) is 14.7. The number of aryl methyl sites for hydroxylation is 1. The van der Waals surface area contributed by atoms with Crippen molar-refractivity contribution in [3.8, 4) is 0 Å². The lowest BCUT2D eigenvalue weighted by molar-refractivity contribution is -0.190. The van der Waals surface area contributed by atoms with Crippen LogP contribution in [0.15, 0.2) is 10.5 Å². The number of hydrogen-bond donors (Lipinski definition) is 2. The second-order valence-corrected chi connectivity index (χ2v) is 3.22. The monoisotopic (exact) mass is 253 g/mol. The topological polar surface area (TPSA) is 71.7 Å². The Hall–Kier alpha value is -1.54. The summed E-state index contributed by atoms with van der Waals surface area (Å²) in [7, 11) is 0. The van der Waals surface area contributed by atoms with Gasteiger partial charge in [0.1, 0.15) is 5.76 Å². The number of carboxylic acid groups (broad SMARTS) is 1. The Morgan fingerprint density at radius 2 is 2.24 bits per heavy atom. The van der Waals surface area contributed by atoms with Crippen LogP contribution in [0.1, 0.15) is 21.9 Å². The van der Waals surface area contributed by atoms with Crippen LogP contribution in [0.4, 0.5) is 13.2 Å². The summed E-state index contributed by atoms with van der Waals surface area (Å²) in [5.41, 5.74) is 2.50. The molecule has 0 aliphatic rings. The highest BCUT2D eigenvalue weighted by Gasteiger charge is 2.27. The molecule has 17 heavy (non-hydrogen) atoms. The fourth-order valence-electron chi connectivity index (χ4n) is 1.06. The Morgan fingerprint density at radius 1 is 1.59 bits per heavy atom. The highest BCUT2D eigenvalue weighted by Crippen LogP contribution is 2.16. The molecule has 8 heteroatoms. The molecule has 0 radical (unpaired) electrons. The van der Waals surface area contributed by atoms with Crippen LogP contribution in [-0.2, 0) is 11.4 Å². The zero-order valence-electron chi connectivity index (χ0n) is 8.80. The van der Waals surface area contributed by atoms with E-state index in [1.165, 1.54) is 13.0 Å². The van der Waals surface area contributed by atoms with Crippen LogP contribution in [-0.4, -0.2) is 23.9 Å². The molecule has 0 aliphatic carbocycles. The summed E-state index contributed by atoms with van der Waals surface area (Å²) in [6.07, 6.45) is -4.41. The third kappa shape index (κ3) is 4.45. The van der Waals surface area contributed by atoms with Gasteiger partial charge in [0.05, 0.1) is 0 Å². The number of hydroxylamine groups is 1. The number of carbonyl (C=O) groups is 1. The molecule has 0 amide bonds. The molecular formula is C9H10F3NO4. The maximum absolute atomic E-state index is 11.7. The van der Waals surface area contributed by atoms with Crippen molar-refractivity contribution in [1.29, 1.82) is 0 Å². The summed E-state index contributed by atoms with van der Waals surface area (Å²) in [6.45, 7) is 0.0155. The van der Waals surface area contributed by atoms with E-state index in [9.17, 15) is 18.0 Å². The van der Waals surface area contributed by atoms with E-state index in [0.29, 0.717) is 11.3 Å². The first-order chi connectivity index (χ1) is 7.79. The largest absolute Gasteiger partial charge is 0.475 e. The molecule has 0 aliphatic heterocycles. The van der Waals surface area contributed by atoms with E-state index in [1.54, 1.807) is 0 Å². The molecule has 1 heterocycles. The molecule has 1 aromatic rings. The molecular weight excluding hydrogens is 243 g/mol. The summed E-state index contributed by atoms with van der Waals surface area (Å²) in [6, 6.07) is 1.22. The number of aromatic carboxylic acids is 1. The van der Waals surface area contributed by atoms with Crippen LogP contribution in [0, 0.1) is 6.92 Å². The van der Waals surface area contributed by atoms with Crippen LogP contribution in [0.3, 0.4) is 0 Å². The van der Waals surface area contributed by atoms with Crippen molar-refractivity contribution in [1.82, 2.24) is 5.48 Å². The molecule has 0 unspecified atom stereocenters. The first-order valence-corrected chi connectivity index (χ1v) is 4.53. The molecule has 2 N–H and O–H groups in total. The minimum atomic E-state index is -4.41. The first-order valence-electron chi connectivity index (χ1n) is 4.53. The zero-order valence-corrected chi connectivity index (χ0v) is 8.80. The molecule has 0 spiro atoms. The number of nitrogens with one attached hydrogen (secondary N) is 1. The summed E-state index contributed by atoms with van der Waals surface area (Å²) in [5.74, 6) is -1.20. The van der Waals surface area contributed by atoms with Gasteiger partial charge >= 0.3 is 12.1 Å². The van der Waals surface area contributed by atoms with Crippen molar-refractivity contribution >= 4 is 5.97 Å². The van der Waals surface area contributed by atoms with E-state index in [1.807, 2.05) is 0 Å². The fraction of sp³-hybridized carbons (Fsp3) is 0.444. The van der Waals surface area contributed by atoms with Crippen molar-refractivity contribution in [3.63, 3.8) is 0 Å². The van der Waals surface area contributed by atoms with Crippen molar-refractivity contribution in [2.24, 2.45) is 0 Å². The normalized spacial score (nSPS) is 11.8. The number of alkyl halides is 3. The molecule has 1 rings (SSSR count).